The third kappa shape index (κ3) is 3.96. The summed E-state index contributed by atoms with van der Waals surface area (Å²) in [6.07, 6.45) is 4.54. The number of hydrogen-bond donors (Lipinski definition) is 0. The van der Waals surface area contributed by atoms with Crippen molar-refractivity contribution in [2.45, 2.75) is 6.42 Å². The Bertz CT molecular complexity index is 2090. The molecule has 0 atom stereocenters. The molecule has 0 saturated heterocycles. The second-order valence-electron chi connectivity index (χ2n) is 10.6. The van der Waals surface area contributed by atoms with Crippen LogP contribution in [0.2, 0.25) is 0 Å². The van der Waals surface area contributed by atoms with E-state index in [-0.39, 0.29) is 0 Å². The lowest BCUT2D eigenvalue weighted by Crippen LogP contribution is -1.92. The Morgan fingerprint density at radius 2 is 1.07 bits per heavy atom. The molecule has 0 bridgehead atoms. The van der Waals surface area contributed by atoms with Crippen LogP contribution in [0.3, 0.4) is 0 Å². The predicted octanol–water partition coefficient (Wildman–Crippen LogP) is 9.63. The standard InChI is InChI=1S/C39H26N2/c1-3-9-26(10-4-1)35-25-36-32-18-17-31-29(30(32)19-20-34(36)39(35)28-11-5-2-6-12-28)13-7-14-33(31)38-16-8-15-37(41-38)27-21-23-40-24-22-27/h1-24H,25H2. The van der Waals surface area contributed by atoms with Gasteiger partial charge in [-0.2, -0.15) is 0 Å². The van der Waals surface area contributed by atoms with Gasteiger partial charge in [0.25, 0.3) is 0 Å². The number of hydrogen-bond acceptors (Lipinski definition) is 2. The number of allylic oxidation sites excluding steroid dienone is 1. The number of rotatable bonds is 4. The number of benzene rings is 5. The van der Waals surface area contributed by atoms with Crippen LogP contribution in [0.15, 0.2) is 146 Å². The summed E-state index contributed by atoms with van der Waals surface area (Å²) in [7, 11) is 0. The van der Waals surface area contributed by atoms with Gasteiger partial charge in [-0.15, -0.1) is 0 Å². The second kappa shape index (κ2) is 9.69. The molecule has 0 aliphatic heterocycles. The Morgan fingerprint density at radius 1 is 0.415 bits per heavy atom. The molecule has 5 aromatic carbocycles. The van der Waals surface area contributed by atoms with Crippen molar-refractivity contribution in [2.24, 2.45) is 0 Å². The molecule has 7 aromatic rings. The summed E-state index contributed by atoms with van der Waals surface area (Å²) in [5.41, 5.74) is 12.2. The molecule has 41 heavy (non-hydrogen) atoms. The maximum absolute atomic E-state index is 5.05. The first kappa shape index (κ1) is 23.5. The quantitative estimate of drug-likeness (QED) is 0.215. The topological polar surface area (TPSA) is 25.8 Å². The van der Waals surface area contributed by atoms with Gasteiger partial charge in [0, 0.05) is 23.5 Å². The molecule has 0 unspecified atom stereocenters. The van der Waals surface area contributed by atoms with Crippen LogP contribution in [0.25, 0.3) is 55.2 Å². The van der Waals surface area contributed by atoms with Gasteiger partial charge >= 0.3 is 0 Å². The SMILES string of the molecule is c1ccc(C2=C(c3ccccc3)c3ccc4c(ccc5c(-c6cccc(-c7ccncc7)n6)cccc54)c3C2)cc1. The maximum Gasteiger partial charge on any atom is 0.0715 e. The molecule has 2 heteroatoms. The molecule has 0 fully saturated rings. The predicted molar refractivity (Wildman–Crippen MR) is 170 cm³/mol. The Hall–Kier alpha value is -5.34. The fraction of sp³-hybridized carbons (Fsp3) is 0.0256. The largest absolute Gasteiger partial charge is 0.265 e. The molecule has 1 aliphatic rings. The molecule has 8 rings (SSSR count). The van der Waals surface area contributed by atoms with Gasteiger partial charge in [-0.1, -0.05) is 109 Å². The van der Waals surface area contributed by atoms with Crippen LogP contribution in [0.5, 0.6) is 0 Å². The van der Waals surface area contributed by atoms with E-state index < -0.39 is 0 Å². The lowest BCUT2D eigenvalue weighted by Gasteiger charge is -2.13. The van der Waals surface area contributed by atoms with Crippen molar-refractivity contribution < 1.29 is 0 Å². The van der Waals surface area contributed by atoms with Gasteiger partial charge in [0.2, 0.25) is 0 Å². The van der Waals surface area contributed by atoms with E-state index in [0.29, 0.717) is 0 Å². The van der Waals surface area contributed by atoms with Crippen molar-refractivity contribution in [3.05, 3.63) is 168 Å². The Morgan fingerprint density at radius 3 is 1.88 bits per heavy atom. The minimum absolute atomic E-state index is 0.918. The second-order valence-corrected chi connectivity index (χ2v) is 10.6. The van der Waals surface area contributed by atoms with Gasteiger partial charge in [0.15, 0.2) is 0 Å². The van der Waals surface area contributed by atoms with Gasteiger partial charge in [-0.3, -0.25) is 4.98 Å². The highest BCUT2D eigenvalue weighted by molar-refractivity contribution is 6.16. The maximum atomic E-state index is 5.05. The smallest absolute Gasteiger partial charge is 0.0715 e. The summed E-state index contributed by atoms with van der Waals surface area (Å²) in [6, 6.07) is 47.8. The van der Waals surface area contributed by atoms with E-state index >= 15 is 0 Å². The average molecular weight is 523 g/mol. The lowest BCUT2D eigenvalue weighted by atomic mass is 9.91. The molecule has 2 nitrogen and oxygen atoms in total. The van der Waals surface area contributed by atoms with E-state index in [1.807, 2.05) is 24.5 Å². The fourth-order valence-electron chi connectivity index (χ4n) is 6.40. The zero-order chi connectivity index (χ0) is 27.2. The van der Waals surface area contributed by atoms with Crippen LogP contribution in [0.4, 0.5) is 0 Å². The minimum atomic E-state index is 0.918. The van der Waals surface area contributed by atoms with Gasteiger partial charge in [0.1, 0.15) is 0 Å². The molecule has 2 aromatic heterocycles. The Labute approximate surface area is 239 Å². The molecule has 0 spiro atoms. The fourth-order valence-corrected chi connectivity index (χ4v) is 6.40. The Kier molecular flexibility index (Phi) is 5.56. The zero-order valence-electron chi connectivity index (χ0n) is 22.5. The van der Waals surface area contributed by atoms with Crippen LogP contribution in [0.1, 0.15) is 22.3 Å². The van der Waals surface area contributed by atoms with Crippen LogP contribution in [0, 0.1) is 0 Å². The molecular weight excluding hydrogens is 496 g/mol. The molecule has 0 radical (unpaired) electrons. The molecule has 0 saturated carbocycles. The summed E-state index contributed by atoms with van der Waals surface area (Å²) >= 11 is 0. The molecular formula is C39H26N2. The molecule has 192 valence electrons. The van der Waals surface area contributed by atoms with E-state index in [1.165, 1.54) is 54.9 Å². The first-order valence-electron chi connectivity index (χ1n) is 14.0. The van der Waals surface area contributed by atoms with E-state index in [0.717, 1.165) is 28.9 Å². The van der Waals surface area contributed by atoms with Crippen molar-refractivity contribution in [3.63, 3.8) is 0 Å². The van der Waals surface area contributed by atoms with Gasteiger partial charge in [-0.05, 0) is 85.6 Å². The monoisotopic (exact) mass is 522 g/mol. The number of aromatic nitrogens is 2. The summed E-state index contributed by atoms with van der Waals surface area (Å²) in [4.78, 5) is 9.21. The van der Waals surface area contributed by atoms with E-state index in [2.05, 4.69) is 126 Å². The first-order valence-corrected chi connectivity index (χ1v) is 14.0. The van der Waals surface area contributed by atoms with Gasteiger partial charge < -0.3 is 0 Å². The molecule has 0 N–H and O–H groups in total. The zero-order valence-corrected chi connectivity index (χ0v) is 22.5. The molecule has 0 amide bonds. The van der Waals surface area contributed by atoms with Crippen molar-refractivity contribution in [1.82, 2.24) is 9.97 Å². The van der Waals surface area contributed by atoms with Crippen LogP contribution in [-0.4, -0.2) is 9.97 Å². The molecule has 1 aliphatic carbocycles. The van der Waals surface area contributed by atoms with Crippen LogP contribution >= 0.6 is 0 Å². The Balaban J connectivity index is 1.30. The van der Waals surface area contributed by atoms with Crippen molar-refractivity contribution >= 4 is 32.7 Å². The van der Waals surface area contributed by atoms with E-state index in [4.69, 9.17) is 4.98 Å². The number of pyridine rings is 2. The highest BCUT2D eigenvalue weighted by Crippen LogP contribution is 2.46. The summed E-state index contributed by atoms with van der Waals surface area (Å²) < 4.78 is 0. The minimum Gasteiger partial charge on any atom is -0.265 e. The highest BCUT2D eigenvalue weighted by atomic mass is 14.7. The molecule has 2 heterocycles. The highest BCUT2D eigenvalue weighted by Gasteiger charge is 2.26. The summed E-state index contributed by atoms with van der Waals surface area (Å²) in [5.74, 6) is 0. The van der Waals surface area contributed by atoms with Crippen molar-refractivity contribution in [1.29, 1.82) is 0 Å². The third-order valence-electron chi connectivity index (χ3n) is 8.28. The van der Waals surface area contributed by atoms with Crippen LogP contribution in [-0.2, 0) is 6.42 Å². The van der Waals surface area contributed by atoms with Gasteiger partial charge in [0.05, 0.1) is 11.4 Å². The normalized spacial score (nSPS) is 12.7. The summed E-state index contributed by atoms with van der Waals surface area (Å²) in [5, 5.41) is 5.09. The van der Waals surface area contributed by atoms with Crippen LogP contribution < -0.4 is 0 Å². The first-order chi connectivity index (χ1) is 20.3. The van der Waals surface area contributed by atoms with Gasteiger partial charge in [-0.25, -0.2) is 4.98 Å². The summed E-state index contributed by atoms with van der Waals surface area (Å²) in [6.45, 7) is 0. The van der Waals surface area contributed by atoms with E-state index in [1.54, 1.807) is 0 Å². The average Bonchev–Trinajstić information content (AvgIpc) is 3.46. The number of nitrogens with zero attached hydrogens (tertiary/aromatic N) is 2. The lowest BCUT2D eigenvalue weighted by molar-refractivity contribution is 1.29. The van der Waals surface area contributed by atoms with E-state index in [9.17, 15) is 0 Å². The third-order valence-corrected chi connectivity index (χ3v) is 8.28. The van der Waals surface area contributed by atoms with Crippen molar-refractivity contribution in [2.75, 3.05) is 0 Å². The number of fused-ring (bicyclic) bond motifs is 5. The van der Waals surface area contributed by atoms with Crippen molar-refractivity contribution in [3.8, 4) is 22.5 Å².